The Labute approximate surface area is 179 Å². The maximum Gasteiger partial charge on any atom is 0.417 e. The number of aromatic nitrogens is 2. The molecule has 12 heteroatoms. The fraction of sp³-hybridized carbons (Fsp3) is 0.263. The minimum atomic E-state index is -4.73. The molecule has 31 heavy (non-hydrogen) atoms. The van der Waals surface area contributed by atoms with Crippen molar-refractivity contribution in [3.05, 3.63) is 49.7 Å². The number of carbonyl (C=O) groups is 1. The average molecular weight is 457 g/mol. The predicted molar refractivity (Wildman–Crippen MR) is 113 cm³/mol. The molecule has 0 bridgehead atoms. The van der Waals surface area contributed by atoms with Gasteiger partial charge in [-0.25, -0.2) is 9.48 Å². The number of alkyl halides is 3. The van der Waals surface area contributed by atoms with Crippen LogP contribution < -0.4 is 26.8 Å². The fourth-order valence-corrected chi connectivity index (χ4v) is 2.95. The van der Waals surface area contributed by atoms with E-state index in [1.54, 1.807) is 13.8 Å². The lowest BCUT2D eigenvalue weighted by molar-refractivity contribution is -0.137. The third-order valence-corrected chi connectivity index (χ3v) is 4.40. The summed E-state index contributed by atoms with van der Waals surface area (Å²) in [6.07, 6.45) is -2.59. The maximum atomic E-state index is 13.2. The van der Waals surface area contributed by atoms with Gasteiger partial charge in [0.25, 0.3) is 5.56 Å². The van der Waals surface area contributed by atoms with Crippen molar-refractivity contribution in [3.8, 4) is 5.69 Å². The van der Waals surface area contributed by atoms with Crippen molar-refractivity contribution < 1.29 is 18.0 Å². The highest BCUT2D eigenvalue weighted by Crippen LogP contribution is 2.35. The smallest absolute Gasteiger partial charge is 0.336 e. The third-order valence-electron chi connectivity index (χ3n) is 4.07. The number of nitrogens with zero attached hydrogens (tertiary/aromatic N) is 1. The average Bonchev–Trinajstić information content (AvgIpc) is 2.97. The molecule has 0 aliphatic carbocycles. The summed E-state index contributed by atoms with van der Waals surface area (Å²) in [5, 5.41) is 22.6. The molecule has 1 aromatic heterocycles. The lowest BCUT2D eigenvalue weighted by Gasteiger charge is -2.11. The van der Waals surface area contributed by atoms with Gasteiger partial charge >= 0.3 is 12.2 Å². The normalized spacial score (nSPS) is 13.2. The largest absolute Gasteiger partial charge is 0.417 e. The first-order valence-corrected chi connectivity index (χ1v) is 9.34. The van der Waals surface area contributed by atoms with Gasteiger partial charge in [0.2, 0.25) is 0 Å². The summed E-state index contributed by atoms with van der Waals surface area (Å²) in [6, 6.07) is 2.07. The number of urea groups is 1. The molecular weight excluding hydrogens is 437 g/mol. The number of hydrogen-bond donors (Lipinski definition) is 5. The Bertz CT molecular complexity index is 1210. The minimum absolute atomic E-state index is 0.0119. The maximum absolute atomic E-state index is 13.2. The van der Waals surface area contributed by atoms with E-state index in [2.05, 4.69) is 15.7 Å². The topological polar surface area (TPSA) is 127 Å². The zero-order chi connectivity index (χ0) is 23.5. The highest BCUT2D eigenvalue weighted by molar-refractivity contribution is 6.36. The van der Waals surface area contributed by atoms with Crippen molar-refractivity contribution in [2.75, 3.05) is 0 Å². The highest BCUT2D eigenvalue weighted by atomic mass is 35.5. The Hall–Kier alpha value is -3.34. The second-order valence-corrected chi connectivity index (χ2v) is 7.08. The molecule has 0 aliphatic heterocycles. The summed E-state index contributed by atoms with van der Waals surface area (Å²) >= 11 is 5.64. The number of benzene rings is 1. The molecule has 2 aromatic rings. The molecule has 8 nitrogen and oxygen atoms in total. The standard InChI is InChI=1S/C19H20ClF3N6O2/c1-4-11-15(12(8-24)16(25)27-18(31)26-9(2)3)28-29(17(11)30)10-5-6-14(20)13(7-10)19(21,22)23/h4-9,24,28H,1-3H3,(H3,25,26,27,31)/b11-4+,15-12?,24-8?. The van der Waals surface area contributed by atoms with Crippen molar-refractivity contribution in [2.24, 2.45) is 0 Å². The van der Waals surface area contributed by atoms with Gasteiger partial charge in [0, 0.05) is 12.3 Å². The first-order valence-electron chi connectivity index (χ1n) is 8.96. The van der Waals surface area contributed by atoms with Crippen LogP contribution in [0.3, 0.4) is 0 Å². The molecule has 0 fully saturated rings. The van der Waals surface area contributed by atoms with E-state index in [0.29, 0.717) is 6.07 Å². The summed E-state index contributed by atoms with van der Waals surface area (Å²) in [5.74, 6) is -0.475. The van der Waals surface area contributed by atoms with Gasteiger partial charge in [0.05, 0.1) is 32.4 Å². The number of amides is 2. The molecule has 0 saturated heterocycles. The van der Waals surface area contributed by atoms with E-state index in [9.17, 15) is 22.8 Å². The number of halogens is 4. The quantitative estimate of drug-likeness (QED) is 0.357. The van der Waals surface area contributed by atoms with Crippen LogP contribution in [0, 0.1) is 10.8 Å². The van der Waals surface area contributed by atoms with Gasteiger partial charge in [-0.05, 0) is 39.0 Å². The van der Waals surface area contributed by atoms with Crippen LogP contribution in [-0.2, 0) is 6.18 Å². The van der Waals surface area contributed by atoms with Crippen molar-refractivity contribution >= 4 is 41.3 Å². The van der Waals surface area contributed by atoms with Crippen LogP contribution in [-0.4, -0.2) is 33.9 Å². The van der Waals surface area contributed by atoms with Gasteiger partial charge in [-0.1, -0.05) is 17.7 Å². The molecule has 0 saturated carbocycles. The Morgan fingerprint density at radius 2 is 1.97 bits per heavy atom. The van der Waals surface area contributed by atoms with E-state index in [-0.39, 0.29) is 27.9 Å². The first kappa shape index (κ1) is 23.9. The number of nitrogens with one attached hydrogen (secondary N) is 5. The van der Waals surface area contributed by atoms with E-state index in [1.807, 2.05) is 0 Å². The van der Waals surface area contributed by atoms with Crippen LogP contribution in [0.4, 0.5) is 18.0 Å². The first-order chi connectivity index (χ1) is 14.4. The van der Waals surface area contributed by atoms with Crippen LogP contribution in [0.15, 0.2) is 23.0 Å². The molecule has 2 rings (SSSR count). The number of hydrogen-bond acceptors (Lipinski definition) is 4. The Morgan fingerprint density at radius 1 is 1.32 bits per heavy atom. The molecular formula is C19H20ClF3N6O2. The number of amidine groups is 1. The summed E-state index contributed by atoms with van der Waals surface area (Å²) < 4.78 is 40.4. The lowest BCUT2D eigenvalue weighted by atomic mass is 10.2. The van der Waals surface area contributed by atoms with Crippen LogP contribution in [0.5, 0.6) is 0 Å². The zero-order valence-electron chi connectivity index (χ0n) is 16.7. The number of aromatic amines is 1. The zero-order valence-corrected chi connectivity index (χ0v) is 17.5. The van der Waals surface area contributed by atoms with E-state index < -0.39 is 34.2 Å². The van der Waals surface area contributed by atoms with E-state index in [4.69, 9.17) is 22.4 Å². The second-order valence-electron chi connectivity index (χ2n) is 6.68. The Morgan fingerprint density at radius 3 is 2.48 bits per heavy atom. The van der Waals surface area contributed by atoms with Gasteiger partial charge in [0.1, 0.15) is 5.84 Å². The van der Waals surface area contributed by atoms with Crippen LogP contribution in [0.2, 0.25) is 5.02 Å². The molecule has 2 amide bonds. The molecule has 0 radical (unpaired) electrons. The van der Waals surface area contributed by atoms with Crippen molar-refractivity contribution in [1.29, 1.82) is 10.8 Å². The van der Waals surface area contributed by atoms with Gasteiger partial charge < -0.3 is 10.7 Å². The van der Waals surface area contributed by atoms with Gasteiger partial charge in [-0.2, -0.15) is 13.2 Å². The molecule has 0 atom stereocenters. The SMILES string of the molecule is C/C=c1\c(=C(C=N)C(=N)NC(=O)NC(C)C)[nH]n(-c2ccc(Cl)c(C(F)(F)F)c2)c1=O. The number of carbonyl (C=O) groups excluding carboxylic acids is 1. The van der Waals surface area contributed by atoms with Crippen molar-refractivity contribution in [2.45, 2.75) is 33.0 Å². The Kier molecular flexibility index (Phi) is 7.11. The second kappa shape index (κ2) is 9.21. The van der Waals surface area contributed by atoms with Gasteiger partial charge in [-0.15, -0.1) is 0 Å². The fourth-order valence-electron chi connectivity index (χ4n) is 2.72. The van der Waals surface area contributed by atoms with Gasteiger partial charge in [0.15, 0.2) is 0 Å². The molecule has 1 heterocycles. The summed E-state index contributed by atoms with van der Waals surface area (Å²) in [7, 11) is 0. The number of H-pyrrole nitrogens is 1. The lowest BCUT2D eigenvalue weighted by Crippen LogP contribution is -2.45. The van der Waals surface area contributed by atoms with E-state index >= 15 is 0 Å². The molecule has 0 aliphatic rings. The molecule has 0 spiro atoms. The summed E-state index contributed by atoms with van der Waals surface area (Å²) in [5.41, 5.74) is -2.11. The van der Waals surface area contributed by atoms with E-state index in [1.165, 1.54) is 19.1 Å². The van der Waals surface area contributed by atoms with Crippen LogP contribution in [0.25, 0.3) is 17.3 Å². The molecule has 166 valence electrons. The van der Waals surface area contributed by atoms with Crippen molar-refractivity contribution in [3.63, 3.8) is 0 Å². The number of rotatable bonds is 4. The van der Waals surface area contributed by atoms with Crippen LogP contribution >= 0.6 is 11.6 Å². The highest BCUT2D eigenvalue weighted by Gasteiger charge is 2.33. The summed E-state index contributed by atoms with van der Waals surface area (Å²) in [6.45, 7) is 4.95. The predicted octanol–water partition coefficient (Wildman–Crippen LogP) is 2.12. The molecule has 1 aromatic carbocycles. The third kappa shape index (κ3) is 5.23. The van der Waals surface area contributed by atoms with Crippen LogP contribution in [0.1, 0.15) is 26.3 Å². The molecule has 5 N–H and O–H groups in total. The molecule has 0 unspecified atom stereocenters. The monoisotopic (exact) mass is 456 g/mol. The van der Waals surface area contributed by atoms with Crippen molar-refractivity contribution in [1.82, 2.24) is 20.4 Å². The van der Waals surface area contributed by atoms with Gasteiger partial charge in [-0.3, -0.25) is 20.6 Å². The Balaban J connectivity index is 2.70. The summed E-state index contributed by atoms with van der Waals surface area (Å²) in [4.78, 5) is 24.7. The van der Waals surface area contributed by atoms with E-state index in [0.717, 1.165) is 17.0 Å². The minimum Gasteiger partial charge on any atom is -0.336 e.